The fraction of sp³-hybridized carbons (Fsp3) is 0.121. The summed E-state index contributed by atoms with van der Waals surface area (Å²) in [5, 5.41) is 16.5. The highest BCUT2D eigenvalue weighted by Crippen LogP contribution is 2.48. The van der Waals surface area contributed by atoms with Gasteiger partial charge in [-0.05, 0) is 67.4 Å². The molecule has 1 aromatic heterocycles. The summed E-state index contributed by atoms with van der Waals surface area (Å²) in [6, 6.07) is 16.2. The van der Waals surface area contributed by atoms with Gasteiger partial charge in [-0.1, -0.05) is 0 Å². The molecule has 2 N–H and O–H groups in total. The Morgan fingerprint density at radius 1 is 0.766 bits per heavy atom. The molecule has 0 atom stereocenters. The van der Waals surface area contributed by atoms with Gasteiger partial charge in [-0.15, -0.1) is 0 Å². The van der Waals surface area contributed by atoms with E-state index >= 15 is 4.39 Å². The van der Waals surface area contributed by atoms with Gasteiger partial charge in [0.15, 0.2) is 34.6 Å². The first kappa shape index (κ1) is 30.8. The van der Waals surface area contributed by atoms with Crippen molar-refractivity contribution in [2.45, 2.75) is 12.8 Å². The Bertz CT molecular complexity index is 2050. The molecule has 0 unspecified atom stereocenters. The van der Waals surface area contributed by atoms with Gasteiger partial charge in [0.25, 0.3) is 5.69 Å². The van der Waals surface area contributed by atoms with Crippen LogP contribution in [0.2, 0.25) is 0 Å². The smallest absolute Gasteiger partial charge is 0.272 e. The van der Waals surface area contributed by atoms with Gasteiger partial charge in [0, 0.05) is 41.2 Å². The minimum atomic E-state index is -1.34. The summed E-state index contributed by atoms with van der Waals surface area (Å²) in [6.07, 6.45) is 2.00. The molecule has 238 valence electrons. The summed E-state index contributed by atoms with van der Waals surface area (Å²) < 4.78 is 59.9. The van der Waals surface area contributed by atoms with Crippen LogP contribution in [0.3, 0.4) is 0 Å². The number of halogens is 3. The molecule has 0 radical (unpaired) electrons. The highest BCUT2D eigenvalue weighted by Gasteiger charge is 2.56. The van der Waals surface area contributed by atoms with Gasteiger partial charge in [0.2, 0.25) is 11.8 Å². The molecule has 1 aliphatic carbocycles. The molecule has 4 aromatic carbocycles. The third-order valence-electron chi connectivity index (χ3n) is 7.46. The van der Waals surface area contributed by atoms with E-state index in [1.165, 1.54) is 67.9 Å². The van der Waals surface area contributed by atoms with Crippen LogP contribution in [0.25, 0.3) is 10.9 Å². The second-order valence-electron chi connectivity index (χ2n) is 10.5. The molecule has 0 aliphatic heterocycles. The van der Waals surface area contributed by atoms with Gasteiger partial charge in [-0.2, -0.15) is 0 Å². The van der Waals surface area contributed by atoms with Crippen LogP contribution in [0.5, 0.6) is 28.7 Å². The van der Waals surface area contributed by atoms with E-state index in [1.54, 1.807) is 0 Å². The second-order valence-corrected chi connectivity index (χ2v) is 10.5. The highest BCUT2D eigenvalue weighted by atomic mass is 19.1. The van der Waals surface area contributed by atoms with E-state index in [1.807, 2.05) is 0 Å². The third-order valence-corrected chi connectivity index (χ3v) is 7.46. The zero-order valence-corrected chi connectivity index (χ0v) is 24.4. The molecular weight excluding hydrogens is 621 g/mol. The number of pyridine rings is 1. The van der Waals surface area contributed by atoms with E-state index in [0.29, 0.717) is 16.6 Å². The lowest BCUT2D eigenvalue weighted by Crippen LogP contribution is -2.35. The molecule has 0 bridgehead atoms. The zero-order chi connectivity index (χ0) is 33.3. The maximum Gasteiger partial charge on any atom is 0.272 e. The Hall–Kier alpha value is -6.18. The monoisotopic (exact) mass is 644 g/mol. The Morgan fingerprint density at radius 3 is 2.00 bits per heavy atom. The number of nitro groups is 1. The van der Waals surface area contributed by atoms with E-state index in [-0.39, 0.29) is 47.3 Å². The molecule has 0 spiro atoms. The Morgan fingerprint density at radius 2 is 1.38 bits per heavy atom. The summed E-state index contributed by atoms with van der Waals surface area (Å²) >= 11 is 0. The number of hydrogen-bond acceptors (Lipinski definition) is 8. The van der Waals surface area contributed by atoms with Crippen molar-refractivity contribution in [3.8, 4) is 28.7 Å². The fourth-order valence-electron chi connectivity index (χ4n) is 4.76. The molecule has 6 rings (SSSR count). The minimum absolute atomic E-state index is 0.0293. The van der Waals surface area contributed by atoms with Gasteiger partial charge < -0.3 is 24.8 Å². The number of anilines is 2. The number of hydrogen-bond donors (Lipinski definition) is 2. The number of rotatable bonds is 10. The lowest BCUT2D eigenvalue weighted by Gasteiger charge is -2.16. The number of ether oxygens (including phenoxy) is 3. The van der Waals surface area contributed by atoms with Crippen molar-refractivity contribution >= 4 is 39.8 Å². The summed E-state index contributed by atoms with van der Waals surface area (Å²) in [7, 11) is 1.36. The number of benzene rings is 4. The van der Waals surface area contributed by atoms with Crippen LogP contribution in [0.4, 0.5) is 30.2 Å². The van der Waals surface area contributed by atoms with Crippen LogP contribution in [-0.4, -0.2) is 28.8 Å². The number of carbonyl (C=O) groups is 2. The van der Waals surface area contributed by atoms with E-state index in [4.69, 9.17) is 14.2 Å². The molecule has 1 aliphatic rings. The van der Waals surface area contributed by atoms with Crippen molar-refractivity contribution in [2.24, 2.45) is 5.41 Å². The molecule has 0 saturated heterocycles. The van der Waals surface area contributed by atoms with Crippen molar-refractivity contribution in [1.29, 1.82) is 0 Å². The number of carbonyl (C=O) groups excluding carboxylic acids is 2. The summed E-state index contributed by atoms with van der Waals surface area (Å²) in [5.74, 6) is -3.59. The number of nitrogens with zero attached hydrogens (tertiary/aromatic N) is 2. The molecule has 1 fully saturated rings. The van der Waals surface area contributed by atoms with E-state index in [2.05, 4.69) is 15.6 Å². The van der Waals surface area contributed by atoms with E-state index in [9.17, 15) is 28.5 Å². The van der Waals surface area contributed by atoms with Gasteiger partial charge in [0.1, 0.15) is 17.0 Å². The third kappa shape index (κ3) is 6.33. The minimum Gasteiger partial charge on any atom is -0.493 e. The van der Waals surface area contributed by atoms with Crippen LogP contribution >= 0.6 is 0 Å². The molecular formula is C33H23F3N4O7. The first-order valence-electron chi connectivity index (χ1n) is 14.0. The first-order chi connectivity index (χ1) is 22.6. The number of methoxy groups -OCH3 is 1. The van der Waals surface area contributed by atoms with Crippen LogP contribution < -0.4 is 24.8 Å². The number of non-ortho nitro benzene ring substituents is 1. The molecule has 11 nitrogen and oxygen atoms in total. The van der Waals surface area contributed by atoms with Crippen molar-refractivity contribution in [3.63, 3.8) is 0 Å². The van der Waals surface area contributed by atoms with Gasteiger partial charge in [-0.25, -0.2) is 13.2 Å². The van der Waals surface area contributed by atoms with Gasteiger partial charge >= 0.3 is 0 Å². The average molecular weight is 645 g/mol. The maximum atomic E-state index is 15.3. The Kier molecular flexibility index (Phi) is 8.07. The predicted molar refractivity (Wildman–Crippen MR) is 163 cm³/mol. The molecule has 5 aromatic rings. The quantitative estimate of drug-likeness (QED) is 0.0904. The van der Waals surface area contributed by atoms with Crippen molar-refractivity contribution in [1.82, 2.24) is 4.98 Å². The van der Waals surface area contributed by atoms with E-state index in [0.717, 1.165) is 24.3 Å². The number of aromatic nitrogens is 1. The number of nitro benzene ring substituents is 1. The van der Waals surface area contributed by atoms with Gasteiger partial charge in [0.05, 0.1) is 23.6 Å². The van der Waals surface area contributed by atoms with E-state index < -0.39 is 45.3 Å². The van der Waals surface area contributed by atoms with Crippen LogP contribution in [-0.2, 0) is 9.59 Å². The largest absolute Gasteiger partial charge is 0.493 e. The maximum absolute atomic E-state index is 15.3. The van der Waals surface area contributed by atoms with Crippen molar-refractivity contribution < 1.29 is 41.9 Å². The fourth-order valence-corrected chi connectivity index (χ4v) is 4.76. The molecule has 2 amide bonds. The summed E-state index contributed by atoms with van der Waals surface area (Å²) in [4.78, 5) is 40.4. The molecule has 14 heteroatoms. The standard InChI is InChI=1S/C33H23F3N4O7/c1-45-29-17-25-22(16-30(29)47-28-9-7-21(40(43)44)15-24(28)36)26(10-13-37-25)46-27-8-6-20(14-23(27)35)39-32(42)33(11-12-33)31(41)38-19-4-2-18(34)3-5-19/h2-10,13-17H,11-12H2,1H3,(H,38,41)(H,39,42). The van der Waals surface area contributed by atoms with Crippen LogP contribution in [0.1, 0.15) is 12.8 Å². The number of fused-ring (bicyclic) bond motifs is 1. The lowest BCUT2D eigenvalue weighted by atomic mass is 10.0. The lowest BCUT2D eigenvalue weighted by molar-refractivity contribution is -0.385. The normalized spacial score (nSPS) is 13.0. The van der Waals surface area contributed by atoms with Crippen molar-refractivity contribution in [3.05, 3.63) is 113 Å². The number of amides is 2. The molecule has 1 saturated carbocycles. The Balaban J connectivity index is 1.20. The summed E-state index contributed by atoms with van der Waals surface area (Å²) in [6.45, 7) is 0. The topological polar surface area (TPSA) is 142 Å². The molecule has 1 heterocycles. The van der Waals surface area contributed by atoms with Crippen molar-refractivity contribution in [2.75, 3.05) is 17.7 Å². The zero-order valence-electron chi connectivity index (χ0n) is 24.4. The first-order valence-corrected chi connectivity index (χ1v) is 14.0. The SMILES string of the molecule is COc1cc2nccc(Oc3ccc(NC(=O)C4(C(=O)Nc5ccc(F)cc5)CC4)cc3F)c2cc1Oc1ccc([N+](=O)[O-])cc1F. The van der Waals surface area contributed by atoms with Gasteiger partial charge in [-0.3, -0.25) is 24.7 Å². The second kappa shape index (κ2) is 12.3. The molecule has 47 heavy (non-hydrogen) atoms. The highest BCUT2D eigenvalue weighted by molar-refractivity contribution is 6.16. The number of nitrogens with one attached hydrogen (secondary N) is 2. The predicted octanol–water partition coefficient (Wildman–Crippen LogP) is 7.51. The Labute approximate surface area is 264 Å². The summed E-state index contributed by atoms with van der Waals surface area (Å²) in [5.41, 5.74) is -0.997. The average Bonchev–Trinajstić information content (AvgIpc) is 3.87. The van der Waals surface area contributed by atoms with Crippen LogP contribution in [0, 0.1) is 33.0 Å². The van der Waals surface area contributed by atoms with Crippen LogP contribution in [0.15, 0.2) is 85.1 Å².